The fraction of sp³-hybridized carbons (Fsp3) is 0.136. The first-order valence-corrected chi connectivity index (χ1v) is 9.88. The van der Waals surface area contributed by atoms with Gasteiger partial charge in [0.05, 0.1) is 10.4 Å². The van der Waals surface area contributed by atoms with Crippen LogP contribution in [0.15, 0.2) is 60.2 Å². The summed E-state index contributed by atoms with van der Waals surface area (Å²) in [6.07, 6.45) is 1.52. The minimum Gasteiger partial charge on any atom is -0.365 e. The van der Waals surface area contributed by atoms with E-state index in [1.165, 1.54) is 28.8 Å². The molecule has 0 bridgehead atoms. The van der Waals surface area contributed by atoms with Crippen molar-refractivity contribution < 1.29 is 4.79 Å². The van der Waals surface area contributed by atoms with Gasteiger partial charge >= 0.3 is 0 Å². The number of nitrogens with one attached hydrogen (secondary N) is 2. The number of hydrogen-bond donors (Lipinski definition) is 2. The van der Waals surface area contributed by atoms with Crippen LogP contribution in [0.1, 0.15) is 27.0 Å². The first-order chi connectivity index (χ1) is 13.6. The minimum atomic E-state index is -0.146. The molecule has 6 heteroatoms. The Balaban J connectivity index is 1.53. The van der Waals surface area contributed by atoms with Crippen molar-refractivity contribution >= 4 is 39.0 Å². The number of fused-ring (bicyclic) bond motifs is 1. The van der Waals surface area contributed by atoms with Crippen molar-refractivity contribution in [3.05, 3.63) is 82.5 Å². The lowest BCUT2D eigenvalue weighted by atomic mass is 10.1. The predicted octanol–water partition coefficient (Wildman–Crippen LogP) is 5.17. The second kappa shape index (κ2) is 7.78. The average Bonchev–Trinajstić information content (AvgIpc) is 3.11. The smallest absolute Gasteiger partial charge is 0.255 e. The molecule has 0 radical (unpaired) electrons. The van der Waals surface area contributed by atoms with Gasteiger partial charge in [0.1, 0.15) is 17.7 Å². The molecular formula is C22H20N4OS. The van der Waals surface area contributed by atoms with Crippen LogP contribution in [0.4, 0.5) is 11.5 Å². The van der Waals surface area contributed by atoms with Gasteiger partial charge in [-0.05, 0) is 31.5 Å². The number of benzene rings is 2. The van der Waals surface area contributed by atoms with Gasteiger partial charge in [0, 0.05) is 17.5 Å². The lowest BCUT2D eigenvalue weighted by Crippen LogP contribution is -2.11. The Morgan fingerprint density at radius 3 is 2.36 bits per heavy atom. The lowest BCUT2D eigenvalue weighted by Gasteiger charge is -2.07. The third-order valence-corrected chi connectivity index (χ3v) is 5.47. The number of rotatable bonds is 5. The van der Waals surface area contributed by atoms with Crippen LogP contribution in [-0.2, 0) is 6.54 Å². The van der Waals surface area contributed by atoms with Gasteiger partial charge in [-0.15, -0.1) is 11.3 Å². The monoisotopic (exact) mass is 388 g/mol. The predicted molar refractivity (Wildman–Crippen MR) is 115 cm³/mol. The molecule has 4 aromatic rings. The number of thiophene rings is 1. The maximum atomic E-state index is 12.5. The first kappa shape index (κ1) is 18.1. The second-order valence-electron chi connectivity index (χ2n) is 6.71. The summed E-state index contributed by atoms with van der Waals surface area (Å²) in [4.78, 5) is 21.3. The van der Waals surface area contributed by atoms with Gasteiger partial charge < -0.3 is 10.6 Å². The molecular weight excluding hydrogens is 368 g/mol. The van der Waals surface area contributed by atoms with Gasteiger partial charge in [-0.1, -0.05) is 47.5 Å². The van der Waals surface area contributed by atoms with Gasteiger partial charge in [0.15, 0.2) is 0 Å². The number of aryl methyl sites for hydroxylation is 2. The summed E-state index contributed by atoms with van der Waals surface area (Å²) in [5, 5.41) is 8.24. The quantitative estimate of drug-likeness (QED) is 0.495. The highest BCUT2D eigenvalue weighted by molar-refractivity contribution is 7.18. The SMILES string of the molecule is Cc1ccc(CNc2ncnc3c(NC(=O)c4ccc(C)cc4)csc23)cc1. The van der Waals surface area contributed by atoms with E-state index >= 15 is 0 Å². The van der Waals surface area contributed by atoms with Crippen LogP contribution in [-0.4, -0.2) is 15.9 Å². The molecule has 28 heavy (non-hydrogen) atoms. The van der Waals surface area contributed by atoms with E-state index in [9.17, 15) is 4.79 Å². The molecule has 5 nitrogen and oxygen atoms in total. The van der Waals surface area contributed by atoms with Crippen LogP contribution in [0.2, 0.25) is 0 Å². The number of aromatic nitrogens is 2. The standard InChI is InChI=1S/C22H20N4OS/c1-14-3-7-16(8-4-14)11-23-21-20-19(24-13-25-21)18(12-28-20)26-22(27)17-9-5-15(2)6-10-17/h3-10,12-13H,11H2,1-2H3,(H,26,27)(H,23,24,25). The van der Waals surface area contributed by atoms with Crippen molar-refractivity contribution in [1.82, 2.24) is 9.97 Å². The first-order valence-electron chi connectivity index (χ1n) is 9.00. The molecule has 0 saturated carbocycles. The highest BCUT2D eigenvalue weighted by Gasteiger charge is 2.14. The molecule has 2 aromatic carbocycles. The van der Waals surface area contributed by atoms with Gasteiger partial charge in [-0.2, -0.15) is 0 Å². The third-order valence-electron chi connectivity index (χ3n) is 4.50. The van der Waals surface area contributed by atoms with E-state index in [1.807, 2.05) is 36.6 Å². The zero-order valence-electron chi connectivity index (χ0n) is 15.7. The van der Waals surface area contributed by atoms with Crippen molar-refractivity contribution in [2.24, 2.45) is 0 Å². The molecule has 0 aliphatic carbocycles. The highest BCUT2D eigenvalue weighted by atomic mass is 32.1. The highest BCUT2D eigenvalue weighted by Crippen LogP contribution is 2.33. The van der Waals surface area contributed by atoms with E-state index in [-0.39, 0.29) is 5.91 Å². The molecule has 0 fully saturated rings. The maximum Gasteiger partial charge on any atom is 0.255 e. The number of carbonyl (C=O) groups excluding carboxylic acids is 1. The van der Waals surface area contributed by atoms with Gasteiger partial charge in [0.25, 0.3) is 5.91 Å². The van der Waals surface area contributed by atoms with E-state index in [4.69, 9.17) is 0 Å². The molecule has 0 saturated heterocycles. The van der Waals surface area contributed by atoms with Crippen LogP contribution in [0, 0.1) is 13.8 Å². The Hall–Kier alpha value is -3.25. The fourth-order valence-electron chi connectivity index (χ4n) is 2.86. The molecule has 0 unspecified atom stereocenters. The molecule has 4 rings (SSSR count). The maximum absolute atomic E-state index is 12.5. The van der Waals surface area contributed by atoms with E-state index < -0.39 is 0 Å². The minimum absolute atomic E-state index is 0.146. The molecule has 0 aliphatic heterocycles. The van der Waals surface area contributed by atoms with Crippen molar-refractivity contribution in [2.75, 3.05) is 10.6 Å². The van der Waals surface area contributed by atoms with Crippen LogP contribution < -0.4 is 10.6 Å². The van der Waals surface area contributed by atoms with Crippen LogP contribution in [0.3, 0.4) is 0 Å². The summed E-state index contributed by atoms with van der Waals surface area (Å²) >= 11 is 1.52. The Morgan fingerprint density at radius 2 is 1.64 bits per heavy atom. The zero-order valence-corrected chi connectivity index (χ0v) is 16.5. The molecule has 0 spiro atoms. The zero-order chi connectivity index (χ0) is 19.5. The Bertz CT molecular complexity index is 1120. The Morgan fingerprint density at radius 1 is 0.964 bits per heavy atom. The van der Waals surface area contributed by atoms with Crippen molar-refractivity contribution in [3.8, 4) is 0 Å². The fourth-order valence-corrected chi connectivity index (χ4v) is 3.77. The normalized spacial score (nSPS) is 10.8. The summed E-state index contributed by atoms with van der Waals surface area (Å²) in [5.74, 6) is 0.624. The van der Waals surface area contributed by atoms with Crippen LogP contribution in [0.5, 0.6) is 0 Å². The molecule has 2 N–H and O–H groups in total. The summed E-state index contributed by atoms with van der Waals surface area (Å²) in [7, 11) is 0. The second-order valence-corrected chi connectivity index (χ2v) is 7.59. The number of nitrogens with zero attached hydrogens (tertiary/aromatic N) is 2. The summed E-state index contributed by atoms with van der Waals surface area (Å²) in [6, 6.07) is 15.9. The van der Waals surface area contributed by atoms with E-state index in [1.54, 1.807) is 0 Å². The average molecular weight is 388 g/mol. The van der Waals surface area contributed by atoms with E-state index in [0.717, 1.165) is 21.6 Å². The van der Waals surface area contributed by atoms with Crippen LogP contribution in [0.25, 0.3) is 10.2 Å². The topological polar surface area (TPSA) is 66.9 Å². The van der Waals surface area contributed by atoms with E-state index in [2.05, 4.69) is 51.8 Å². The van der Waals surface area contributed by atoms with Crippen LogP contribution >= 0.6 is 11.3 Å². The molecule has 0 atom stereocenters. The largest absolute Gasteiger partial charge is 0.365 e. The molecule has 2 aromatic heterocycles. The van der Waals surface area contributed by atoms with Gasteiger partial charge in [0.2, 0.25) is 0 Å². The number of amides is 1. The Labute approximate surface area is 167 Å². The summed E-state index contributed by atoms with van der Waals surface area (Å²) < 4.78 is 0.925. The van der Waals surface area contributed by atoms with Gasteiger partial charge in [-0.25, -0.2) is 9.97 Å². The molecule has 1 amide bonds. The molecule has 0 aliphatic rings. The molecule has 140 valence electrons. The Kier molecular flexibility index (Phi) is 5.04. The number of carbonyl (C=O) groups is 1. The van der Waals surface area contributed by atoms with Crippen molar-refractivity contribution in [1.29, 1.82) is 0 Å². The molecule has 2 heterocycles. The lowest BCUT2D eigenvalue weighted by molar-refractivity contribution is 0.102. The van der Waals surface area contributed by atoms with Crippen molar-refractivity contribution in [2.45, 2.75) is 20.4 Å². The third kappa shape index (κ3) is 3.87. The van der Waals surface area contributed by atoms with Crippen molar-refractivity contribution in [3.63, 3.8) is 0 Å². The summed E-state index contributed by atoms with van der Waals surface area (Å²) in [5.41, 5.74) is 5.60. The summed E-state index contributed by atoms with van der Waals surface area (Å²) in [6.45, 7) is 4.74. The van der Waals surface area contributed by atoms with Gasteiger partial charge in [-0.3, -0.25) is 4.79 Å². The number of hydrogen-bond acceptors (Lipinski definition) is 5. The van der Waals surface area contributed by atoms with E-state index in [0.29, 0.717) is 17.8 Å². The number of anilines is 2.